The van der Waals surface area contributed by atoms with E-state index in [1.165, 1.54) is 13.8 Å². The van der Waals surface area contributed by atoms with Crippen LogP contribution in [0.25, 0.3) is 0 Å². The van der Waals surface area contributed by atoms with E-state index in [0.29, 0.717) is 0 Å². The SMILES string of the molecule is CC(=O)NC(C)C(=O)N[C@@H](CC1=CC=CCC1)C(=O)O. The molecule has 0 saturated carbocycles. The molecule has 1 aliphatic carbocycles. The molecule has 6 nitrogen and oxygen atoms in total. The molecule has 0 saturated heterocycles. The second kappa shape index (κ2) is 7.47. The number of rotatable bonds is 6. The highest BCUT2D eigenvalue weighted by Crippen LogP contribution is 2.17. The van der Waals surface area contributed by atoms with Crippen molar-refractivity contribution >= 4 is 17.8 Å². The Kier molecular flexibility index (Phi) is 5.96. The van der Waals surface area contributed by atoms with Crippen molar-refractivity contribution in [2.45, 2.75) is 45.2 Å². The van der Waals surface area contributed by atoms with Gasteiger partial charge in [0.05, 0.1) is 0 Å². The van der Waals surface area contributed by atoms with Crippen molar-refractivity contribution in [2.75, 3.05) is 0 Å². The second-order valence-corrected chi connectivity index (χ2v) is 4.82. The Balaban J connectivity index is 2.60. The van der Waals surface area contributed by atoms with Crippen LogP contribution in [0.1, 0.15) is 33.1 Å². The number of hydrogen-bond donors (Lipinski definition) is 3. The monoisotopic (exact) mass is 280 g/mol. The van der Waals surface area contributed by atoms with E-state index in [4.69, 9.17) is 5.11 Å². The highest BCUT2D eigenvalue weighted by molar-refractivity contribution is 5.89. The lowest BCUT2D eigenvalue weighted by molar-refractivity contribution is -0.142. The zero-order valence-electron chi connectivity index (χ0n) is 11.7. The molecule has 0 aromatic heterocycles. The Morgan fingerprint density at radius 2 is 2.05 bits per heavy atom. The number of carbonyl (C=O) groups is 3. The first-order valence-corrected chi connectivity index (χ1v) is 6.55. The molecule has 20 heavy (non-hydrogen) atoms. The van der Waals surface area contributed by atoms with Gasteiger partial charge >= 0.3 is 5.97 Å². The number of amides is 2. The van der Waals surface area contributed by atoms with Crippen LogP contribution in [0.5, 0.6) is 0 Å². The maximum Gasteiger partial charge on any atom is 0.326 e. The molecule has 0 radical (unpaired) electrons. The maximum atomic E-state index is 11.8. The highest BCUT2D eigenvalue weighted by Gasteiger charge is 2.24. The minimum absolute atomic E-state index is 0.276. The molecule has 0 aromatic carbocycles. The standard InChI is InChI=1S/C14H20N2O4/c1-9(15-10(2)17)13(18)16-12(14(19)20)8-11-6-4-3-5-7-11/h3-4,6,9,12H,5,7-8H2,1-2H3,(H,15,17)(H,16,18)(H,19,20)/t9?,12-/m0/s1. The fourth-order valence-corrected chi connectivity index (χ4v) is 1.95. The van der Waals surface area contributed by atoms with Crippen molar-refractivity contribution in [2.24, 2.45) is 0 Å². The average Bonchev–Trinajstić information content (AvgIpc) is 2.38. The highest BCUT2D eigenvalue weighted by atomic mass is 16.4. The van der Waals surface area contributed by atoms with E-state index in [2.05, 4.69) is 10.6 Å². The van der Waals surface area contributed by atoms with Crippen molar-refractivity contribution in [3.63, 3.8) is 0 Å². The summed E-state index contributed by atoms with van der Waals surface area (Å²) in [5.41, 5.74) is 0.993. The Labute approximate surface area is 117 Å². The summed E-state index contributed by atoms with van der Waals surface area (Å²) in [4.78, 5) is 33.9. The van der Waals surface area contributed by atoms with Gasteiger partial charge < -0.3 is 15.7 Å². The molecular formula is C14H20N2O4. The summed E-state index contributed by atoms with van der Waals surface area (Å²) in [6.07, 6.45) is 7.74. The van der Waals surface area contributed by atoms with Gasteiger partial charge in [-0.25, -0.2) is 4.79 Å². The predicted octanol–water partition coefficient (Wildman–Crippen LogP) is 0.747. The Bertz CT molecular complexity index is 454. The molecule has 110 valence electrons. The van der Waals surface area contributed by atoms with E-state index in [9.17, 15) is 14.4 Å². The lowest BCUT2D eigenvalue weighted by Crippen LogP contribution is -2.50. The largest absolute Gasteiger partial charge is 0.480 e. The van der Waals surface area contributed by atoms with Crippen LogP contribution in [-0.2, 0) is 14.4 Å². The molecule has 1 unspecified atom stereocenters. The third kappa shape index (κ3) is 5.26. The van der Waals surface area contributed by atoms with E-state index in [1.807, 2.05) is 18.2 Å². The predicted molar refractivity (Wildman–Crippen MR) is 73.9 cm³/mol. The van der Waals surface area contributed by atoms with Gasteiger partial charge in [0.1, 0.15) is 12.1 Å². The minimum atomic E-state index is -1.08. The molecule has 1 rings (SSSR count). The second-order valence-electron chi connectivity index (χ2n) is 4.82. The number of aliphatic carboxylic acids is 1. The van der Waals surface area contributed by atoms with Crippen molar-refractivity contribution in [1.29, 1.82) is 0 Å². The molecule has 0 aliphatic heterocycles. The van der Waals surface area contributed by atoms with Crippen molar-refractivity contribution in [3.05, 3.63) is 23.8 Å². The van der Waals surface area contributed by atoms with E-state index >= 15 is 0 Å². The van der Waals surface area contributed by atoms with Crippen LogP contribution in [0.2, 0.25) is 0 Å². The van der Waals surface area contributed by atoms with Gasteiger partial charge in [0.2, 0.25) is 11.8 Å². The third-order valence-corrected chi connectivity index (χ3v) is 2.99. The molecule has 2 atom stereocenters. The van der Waals surface area contributed by atoms with Crippen LogP contribution in [0.4, 0.5) is 0 Å². The summed E-state index contributed by atoms with van der Waals surface area (Å²) in [5, 5.41) is 14.0. The summed E-state index contributed by atoms with van der Waals surface area (Å²) in [6.45, 7) is 2.82. The van der Waals surface area contributed by atoms with Gasteiger partial charge in [-0.05, 0) is 26.2 Å². The smallest absolute Gasteiger partial charge is 0.326 e. The van der Waals surface area contributed by atoms with Crippen LogP contribution >= 0.6 is 0 Å². The molecular weight excluding hydrogens is 260 g/mol. The molecule has 0 heterocycles. The van der Waals surface area contributed by atoms with Gasteiger partial charge in [-0.15, -0.1) is 0 Å². The third-order valence-electron chi connectivity index (χ3n) is 2.99. The first kappa shape index (κ1) is 15.9. The van der Waals surface area contributed by atoms with Gasteiger partial charge in [-0.1, -0.05) is 23.8 Å². The Hall–Kier alpha value is -2.11. The fraction of sp³-hybridized carbons (Fsp3) is 0.500. The molecule has 0 aromatic rings. The van der Waals surface area contributed by atoms with Gasteiger partial charge in [0.25, 0.3) is 0 Å². The van der Waals surface area contributed by atoms with Gasteiger partial charge in [0, 0.05) is 6.92 Å². The van der Waals surface area contributed by atoms with Crippen molar-refractivity contribution < 1.29 is 19.5 Å². The van der Waals surface area contributed by atoms with E-state index in [1.54, 1.807) is 0 Å². The van der Waals surface area contributed by atoms with E-state index < -0.39 is 24.0 Å². The van der Waals surface area contributed by atoms with Crippen LogP contribution in [-0.4, -0.2) is 35.0 Å². The number of nitrogens with one attached hydrogen (secondary N) is 2. The number of carboxylic acid groups (broad SMARTS) is 1. The van der Waals surface area contributed by atoms with Crippen LogP contribution in [0.3, 0.4) is 0 Å². The number of hydrogen-bond acceptors (Lipinski definition) is 3. The first-order valence-electron chi connectivity index (χ1n) is 6.55. The molecule has 0 spiro atoms. The molecule has 0 bridgehead atoms. The van der Waals surface area contributed by atoms with E-state index in [-0.39, 0.29) is 12.3 Å². The molecule has 0 fully saturated rings. The van der Waals surface area contributed by atoms with Crippen LogP contribution in [0, 0.1) is 0 Å². The molecule has 6 heteroatoms. The van der Waals surface area contributed by atoms with E-state index in [0.717, 1.165) is 18.4 Å². The van der Waals surface area contributed by atoms with Gasteiger partial charge in [0.15, 0.2) is 0 Å². The zero-order chi connectivity index (χ0) is 15.1. The summed E-state index contributed by atoms with van der Waals surface area (Å²) in [7, 11) is 0. The summed E-state index contributed by atoms with van der Waals surface area (Å²) in [5.74, 6) is -1.91. The van der Waals surface area contributed by atoms with Crippen LogP contribution < -0.4 is 10.6 Å². The lowest BCUT2D eigenvalue weighted by atomic mass is 9.98. The number of allylic oxidation sites excluding steroid dienone is 3. The van der Waals surface area contributed by atoms with Crippen molar-refractivity contribution in [1.82, 2.24) is 10.6 Å². The summed E-state index contributed by atoms with van der Waals surface area (Å²) < 4.78 is 0. The average molecular weight is 280 g/mol. The zero-order valence-corrected chi connectivity index (χ0v) is 11.7. The first-order chi connectivity index (χ1) is 9.40. The topological polar surface area (TPSA) is 95.5 Å². The number of carboxylic acids is 1. The quantitative estimate of drug-likeness (QED) is 0.669. The summed E-state index contributed by atoms with van der Waals surface area (Å²) in [6, 6.07) is -1.73. The molecule has 1 aliphatic rings. The van der Waals surface area contributed by atoms with Crippen LogP contribution in [0.15, 0.2) is 23.8 Å². The maximum absolute atomic E-state index is 11.8. The van der Waals surface area contributed by atoms with Gasteiger partial charge in [-0.2, -0.15) is 0 Å². The Morgan fingerprint density at radius 3 is 2.55 bits per heavy atom. The fourth-order valence-electron chi connectivity index (χ4n) is 1.95. The van der Waals surface area contributed by atoms with Gasteiger partial charge in [-0.3, -0.25) is 9.59 Å². The Morgan fingerprint density at radius 1 is 1.35 bits per heavy atom. The summed E-state index contributed by atoms with van der Waals surface area (Å²) >= 11 is 0. The minimum Gasteiger partial charge on any atom is -0.480 e. The lowest BCUT2D eigenvalue weighted by Gasteiger charge is -2.20. The molecule has 3 N–H and O–H groups in total. The normalized spacial score (nSPS) is 16.8. The molecule has 2 amide bonds. The number of carbonyl (C=O) groups excluding carboxylic acids is 2. The van der Waals surface area contributed by atoms with Crippen molar-refractivity contribution in [3.8, 4) is 0 Å².